The summed E-state index contributed by atoms with van der Waals surface area (Å²) < 4.78 is 0. The molecule has 0 nitrogen and oxygen atoms in total. The fraction of sp³-hybridized carbons (Fsp3) is 0.167. The van der Waals surface area contributed by atoms with Crippen LogP contribution in [-0.4, -0.2) is 6.69 Å². The van der Waals surface area contributed by atoms with Crippen LogP contribution in [0.4, 0.5) is 0 Å². The number of rotatable bonds is 2. The van der Waals surface area contributed by atoms with Crippen LogP contribution in [-0.2, 0) is 6.04 Å². The van der Waals surface area contributed by atoms with Crippen LogP contribution < -0.4 is 0 Å². The molecule has 0 aliphatic heterocycles. The molecule has 0 amide bonds. The molecule has 78 valence electrons. The lowest BCUT2D eigenvalue weighted by atomic mass is 10.1. The minimum absolute atomic E-state index is 0.803. The number of hydrogen-bond acceptors (Lipinski definition) is 0. The molecule has 0 aliphatic carbocycles. The first-order chi connectivity index (χ1) is 7.06. The molecule has 0 unspecified atom stereocenters. The topological polar surface area (TPSA) is 0 Å². The molecule has 15 heavy (non-hydrogen) atoms. The van der Waals surface area contributed by atoms with E-state index in [4.69, 9.17) is 22.2 Å². The molecule has 2 rings (SSSR count). The Morgan fingerprint density at radius 2 is 1.67 bits per heavy atom. The van der Waals surface area contributed by atoms with E-state index < -0.39 is 6.69 Å². The zero-order chi connectivity index (χ0) is 10.9. The molecule has 0 radical (unpaired) electrons. The van der Waals surface area contributed by atoms with Gasteiger partial charge in [0.25, 0.3) is 6.69 Å². The maximum Gasteiger partial charge on any atom is 0.252 e. The summed E-state index contributed by atoms with van der Waals surface area (Å²) in [4.78, 5) is 0. The number of halogens is 2. The Kier molecular flexibility index (Phi) is 3.05. The molecule has 0 heterocycles. The second-order valence-electron chi connectivity index (χ2n) is 3.89. The van der Waals surface area contributed by atoms with Crippen molar-refractivity contribution in [3.63, 3.8) is 0 Å². The van der Waals surface area contributed by atoms with E-state index in [0.29, 0.717) is 0 Å². The normalized spacial score (nSPS) is 11.9. The number of hydrogen-bond donors (Lipinski definition) is 0. The summed E-state index contributed by atoms with van der Waals surface area (Å²) in [5, 5.41) is 2.52. The van der Waals surface area contributed by atoms with Gasteiger partial charge < -0.3 is 0 Å². The van der Waals surface area contributed by atoms with Crippen LogP contribution in [0.25, 0.3) is 10.8 Å². The molecule has 0 saturated heterocycles. The van der Waals surface area contributed by atoms with Gasteiger partial charge in [0.2, 0.25) is 0 Å². The summed E-state index contributed by atoms with van der Waals surface area (Å²) >= 11 is 12.3. The van der Waals surface area contributed by atoms with Crippen molar-refractivity contribution in [1.29, 1.82) is 0 Å². The zero-order valence-electron chi connectivity index (χ0n) is 8.50. The average molecular weight is 255 g/mol. The van der Waals surface area contributed by atoms with Crippen molar-refractivity contribution in [1.82, 2.24) is 0 Å². The van der Waals surface area contributed by atoms with Gasteiger partial charge in [-0.25, -0.2) is 0 Å². The standard InChI is InChI=1S/C12H12Cl2Si/c1-15(13,14)9-11-7-4-6-10-5-2-3-8-12(10)11/h2-8H,9H2,1H3. The van der Waals surface area contributed by atoms with Gasteiger partial charge in [-0.1, -0.05) is 42.5 Å². The first-order valence-corrected chi connectivity index (χ1v) is 9.64. The van der Waals surface area contributed by atoms with Gasteiger partial charge in [0.1, 0.15) is 0 Å². The molecule has 0 spiro atoms. The first-order valence-electron chi connectivity index (χ1n) is 4.91. The third-order valence-electron chi connectivity index (χ3n) is 2.38. The summed E-state index contributed by atoms with van der Waals surface area (Å²) in [6, 6.07) is 15.4. The Bertz CT molecular complexity index is 469. The van der Waals surface area contributed by atoms with Crippen molar-refractivity contribution in [2.75, 3.05) is 0 Å². The summed E-state index contributed by atoms with van der Waals surface area (Å²) in [7, 11) is 0. The van der Waals surface area contributed by atoms with Crippen molar-refractivity contribution in [2.45, 2.75) is 12.6 Å². The third kappa shape index (κ3) is 2.74. The van der Waals surface area contributed by atoms with Gasteiger partial charge >= 0.3 is 0 Å². The Morgan fingerprint density at radius 1 is 1.00 bits per heavy atom. The van der Waals surface area contributed by atoms with Crippen LogP contribution in [0, 0.1) is 0 Å². The van der Waals surface area contributed by atoms with Crippen LogP contribution in [0.2, 0.25) is 6.55 Å². The van der Waals surface area contributed by atoms with E-state index in [0.717, 1.165) is 6.04 Å². The van der Waals surface area contributed by atoms with E-state index >= 15 is 0 Å². The van der Waals surface area contributed by atoms with E-state index in [-0.39, 0.29) is 0 Å². The first kappa shape index (κ1) is 11.0. The Morgan fingerprint density at radius 3 is 2.40 bits per heavy atom. The predicted molar refractivity (Wildman–Crippen MR) is 71.0 cm³/mol. The SMILES string of the molecule is C[Si](Cl)(Cl)Cc1cccc2ccccc12. The molecule has 2 aromatic carbocycles. The summed E-state index contributed by atoms with van der Waals surface area (Å²) in [5.41, 5.74) is 1.26. The maximum absolute atomic E-state index is 6.17. The highest BCUT2D eigenvalue weighted by atomic mass is 35.7. The lowest BCUT2D eigenvalue weighted by Crippen LogP contribution is -2.17. The Balaban J connectivity index is 2.52. The maximum atomic E-state index is 6.17. The second-order valence-corrected chi connectivity index (χ2v) is 12.0. The summed E-state index contributed by atoms with van der Waals surface area (Å²) in [6.07, 6.45) is 0. The molecule has 0 bridgehead atoms. The quantitative estimate of drug-likeness (QED) is 0.548. The van der Waals surface area contributed by atoms with Crippen molar-refractivity contribution in [3.05, 3.63) is 48.0 Å². The monoisotopic (exact) mass is 254 g/mol. The van der Waals surface area contributed by atoms with Crippen molar-refractivity contribution < 1.29 is 0 Å². The lowest BCUT2D eigenvalue weighted by molar-refractivity contribution is 1.41. The molecule has 0 N–H and O–H groups in total. The van der Waals surface area contributed by atoms with Gasteiger partial charge in [-0.2, -0.15) is 0 Å². The molecule has 0 atom stereocenters. The van der Waals surface area contributed by atoms with E-state index in [1.165, 1.54) is 16.3 Å². The van der Waals surface area contributed by atoms with Crippen molar-refractivity contribution in [3.8, 4) is 0 Å². The largest absolute Gasteiger partial charge is 0.252 e. The second kappa shape index (κ2) is 4.16. The minimum Gasteiger partial charge on any atom is -0.146 e. The van der Waals surface area contributed by atoms with Gasteiger partial charge in [0, 0.05) is 0 Å². The fourth-order valence-corrected chi connectivity index (χ4v) is 3.62. The van der Waals surface area contributed by atoms with Gasteiger partial charge in [-0.15, -0.1) is 22.2 Å². The summed E-state index contributed by atoms with van der Waals surface area (Å²) in [5.74, 6) is 0. The van der Waals surface area contributed by atoms with Crippen LogP contribution >= 0.6 is 22.2 Å². The fourth-order valence-electron chi connectivity index (χ4n) is 1.78. The van der Waals surface area contributed by atoms with Gasteiger partial charge in [0.15, 0.2) is 0 Å². The highest BCUT2D eigenvalue weighted by molar-refractivity contribution is 7.44. The van der Waals surface area contributed by atoms with Crippen LogP contribution in [0.1, 0.15) is 5.56 Å². The summed E-state index contributed by atoms with van der Waals surface area (Å²) in [6.45, 7) is -0.115. The minimum atomic E-state index is -2.07. The molecule has 0 saturated carbocycles. The highest BCUT2D eigenvalue weighted by Gasteiger charge is 2.22. The van der Waals surface area contributed by atoms with E-state index in [1.807, 2.05) is 18.7 Å². The van der Waals surface area contributed by atoms with Gasteiger partial charge in [-0.3, -0.25) is 0 Å². The van der Waals surface area contributed by atoms with Crippen LogP contribution in [0.5, 0.6) is 0 Å². The zero-order valence-corrected chi connectivity index (χ0v) is 11.0. The molecular weight excluding hydrogens is 243 g/mol. The number of benzene rings is 2. The van der Waals surface area contributed by atoms with E-state index in [9.17, 15) is 0 Å². The molecule has 0 aliphatic rings. The highest BCUT2D eigenvalue weighted by Crippen LogP contribution is 2.25. The lowest BCUT2D eigenvalue weighted by Gasteiger charge is -2.12. The van der Waals surface area contributed by atoms with Gasteiger partial charge in [-0.05, 0) is 28.9 Å². The van der Waals surface area contributed by atoms with Crippen molar-refractivity contribution in [2.24, 2.45) is 0 Å². The van der Waals surface area contributed by atoms with E-state index in [2.05, 4.69) is 30.3 Å². The molecular formula is C12H12Cl2Si. The van der Waals surface area contributed by atoms with E-state index in [1.54, 1.807) is 0 Å². The Hall–Kier alpha value is -0.503. The van der Waals surface area contributed by atoms with Crippen molar-refractivity contribution >= 4 is 39.6 Å². The molecule has 2 aromatic rings. The van der Waals surface area contributed by atoms with Crippen LogP contribution in [0.3, 0.4) is 0 Å². The van der Waals surface area contributed by atoms with Gasteiger partial charge in [0.05, 0.1) is 0 Å². The average Bonchev–Trinajstić information content (AvgIpc) is 2.16. The predicted octanol–water partition coefficient (Wildman–Crippen LogP) is 4.47. The third-order valence-corrected chi connectivity index (χ3v) is 4.18. The molecule has 0 aromatic heterocycles. The smallest absolute Gasteiger partial charge is 0.146 e. The molecule has 3 heteroatoms. The molecule has 0 fully saturated rings. The number of fused-ring (bicyclic) bond motifs is 1. The van der Waals surface area contributed by atoms with Crippen LogP contribution in [0.15, 0.2) is 42.5 Å². The Labute approximate surface area is 100 Å².